The fourth-order valence-corrected chi connectivity index (χ4v) is 4.38. The van der Waals surface area contributed by atoms with Crippen LogP contribution in [0.5, 0.6) is 0 Å². The maximum Gasteiger partial charge on any atom is 0.471 e. The van der Waals surface area contributed by atoms with Gasteiger partial charge in [0.15, 0.2) is 0 Å². The van der Waals surface area contributed by atoms with E-state index in [2.05, 4.69) is 19.4 Å². The van der Waals surface area contributed by atoms with E-state index in [1.165, 1.54) is 0 Å². The van der Waals surface area contributed by atoms with Crippen molar-refractivity contribution in [3.8, 4) is 11.4 Å². The minimum absolute atomic E-state index is 0.155. The van der Waals surface area contributed by atoms with E-state index in [0.717, 1.165) is 22.0 Å². The first-order chi connectivity index (χ1) is 15.0. The van der Waals surface area contributed by atoms with Crippen LogP contribution in [0.1, 0.15) is 17.0 Å². The lowest BCUT2D eigenvalue weighted by Gasteiger charge is -2.09. The van der Waals surface area contributed by atoms with Gasteiger partial charge >= 0.3 is 12.1 Å². The van der Waals surface area contributed by atoms with Crippen LogP contribution in [0.2, 0.25) is 0 Å². The van der Waals surface area contributed by atoms with Gasteiger partial charge < -0.3 is 9.09 Å². The molecule has 7 nitrogen and oxygen atoms in total. The van der Waals surface area contributed by atoms with Crippen molar-refractivity contribution in [2.45, 2.75) is 31.5 Å². The quantitative estimate of drug-likeness (QED) is 0.459. The van der Waals surface area contributed by atoms with E-state index in [1.54, 1.807) is 42.5 Å². The highest BCUT2D eigenvalue weighted by Crippen LogP contribution is 2.31. The first-order valence-corrected chi connectivity index (χ1v) is 11.1. The maximum absolute atomic E-state index is 12.7. The van der Waals surface area contributed by atoms with Gasteiger partial charge in [0.1, 0.15) is 0 Å². The van der Waals surface area contributed by atoms with Crippen molar-refractivity contribution >= 4 is 20.9 Å². The molecule has 0 saturated heterocycles. The molecule has 4 aromatic rings. The smallest absolute Gasteiger partial charge is 0.346 e. The zero-order chi connectivity index (χ0) is 23.1. The highest BCUT2D eigenvalue weighted by molar-refractivity contribution is 7.89. The van der Waals surface area contributed by atoms with Crippen LogP contribution in [-0.2, 0) is 22.7 Å². The second-order valence-electron chi connectivity index (χ2n) is 7.37. The third kappa shape index (κ3) is 4.39. The van der Waals surface area contributed by atoms with E-state index in [0.29, 0.717) is 12.1 Å². The number of sulfonamides is 1. The number of hydrogen-bond acceptors (Lipinski definition) is 5. The number of rotatable bonds is 6. The number of nitrogens with one attached hydrogen (secondary N) is 1. The van der Waals surface area contributed by atoms with Crippen LogP contribution in [0.4, 0.5) is 13.2 Å². The molecule has 0 aliphatic carbocycles. The summed E-state index contributed by atoms with van der Waals surface area (Å²) >= 11 is 0. The van der Waals surface area contributed by atoms with Gasteiger partial charge in [-0.1, -0.05) is 22.9 Å². The molecule has 0 unspecified atom stereocenters. The van der Waals surface area contributed by atoms with Gasteiger partial charge in [-0.25, -0.2) is 13.1 Å². The SMILES string of the molecule is Cc1ccc(S(=O)(=O)NCCn2cc(C)c3cc(-c4noc(C(F)(F)F)n4)ccc32)cc1. The van der Waals surface area contributed by atoms with E-state index >= 15 is 0 Å². The van der Waals surface area contributed by atoms with Crippen LogP contribution >= 0.6 is 0 Å². The molecule has 2 aromatic carbocycles. The number of fused-ring (bicyclic) bond motifs is 1. The molecule has 0 atom stereocenters. The minimum Gasteiger partial charge on any atom is -0.346 e. The van der Waals surface area contributed by atoms with Gasteiger partial charge in [0.25, 0.3) is 0 Å². The van der Waals surface area contributed by atoms with Crippen molar-refractivity contribution in [2.24, 2.45) is 0 Å². The summed E-state index contributed by atoms with van der Waals surface area (Å²) in [5, 5.41) is 4.21. The summed E-state index contributed by atoms with van der Waals surface area (Å²) in [4.78, 5) is 3.61. The molecule has 0 bridgehead atoms. The first-order valence-electron chi connectivity index (χ1n) is 9.62. The summed E-state index contributed by atoms with van der Waals surface area (Å²) in [7, 11) is -3.63. The zero-order valence-electron chi connectivity index (χ0n) is 17.1. The van der Waals surface area contributed by atoms with Gasteiger partial charge in [-0.05, 0) is 49.7 Å². The molecule has 1 N–H and O–H groups in total. The van der Waals surface area contributed by atoms with Gasteiger partial charge in [-0.15, -0.1) is 0 Å². The number of nitrogens with zero attached hydrogens (tertiary/aromatic N) is 3. The summed E-state index contributed by atoms with van der Waals surface area (Å²) in [5.74, 6) is -1.56. The maximum atomic E-state index is 12.7. The summed E-state index contributed by atoms with van der Waals surface area (Å²) < 4.78 is 71.8. The van der Waals surface area contributed by atoms with E-state index in [4.69, 9.17) is 0 Å². The van der Waals surface area contributed by atoms with Gasteiger partial charge in [-0.3, -0.25) is 0 Å². The predicted octanol–water partition coefficient (Wildman–Crippen LogP) is 4.31. The second kappa shape index (κ2) is 8.06. The normalized spacial score (nSPS) is 12.5. The molecule has 32 heavy (non-hydrogen) atoms. The molecule has 0 fully saturated rings. The number of benzene rings is 2. The van der Waals surface area contributed by atoms with E-state index < -0.39 is 22.1 Å². The van der Waals surface area contributed by atoms with Crippen molar-refractivity contribution < 1.29 is 26.1 Å². The average molecular weight is 464 g/mol. The highest BCUT2D eigenvalue weighted by Gasteiger charge is 2.38. The Bertz CT molecular complexity index is 1370. The molecule has 168 valence electrons. The average Bonchev–Trinajstić information content (AvgIpc) is 3.34. The molecule has 2 heterocycles. The van der Waals surface area contributed by atoms with Crippen molar-refractivity contribution in [1.82, 2.24) is 19.4 Å². The van der Waals surface area contributed by atoms with E-state index in [-0.39, 0.29) is 17.3 Å². The predicted molar refractivity (Wildman–Crippen MR) is 111 cm³/mol. The monoisotopic (exact) mass is 464 g/mol. The summed E-state index contributed by atoms with van der Waals surface area (Å²) in [6.45, 7) is 4.27. The number of halogens is 3. The number of aromatic nitrogens is 3. The molecule has 2 aromatic heterocycles. The van der Waals surface area contributed by atoms with Gasteiger partial charge in [0, 0.05) is 35.8 Å². The molecule has 11 heteroatoms. The first kappa shape index (κ1) is 22.0. The number of alkyl halides is 3. The number of hydrogen-bond donors (Lipinski definition) is 1. The summed E-state index contributed by atoms with van der Waals surface area (Å²) in [5.41, 5.74) is 3.04. The lowest BCUT2D eigenvalue weighted by Crippen LogP contribution is -2.27. The fraction of sp³-hybridized carbons (Fsp3) is 0.238. The van der Waals surface area contributed by atoms with Crippen LogP contribution < -0.4 is 4.72 Å². The largest absolute Gasteiger partial charge is 0.471 e. The Labute approximate surface area is 181 Å². The Morgan fingerprint density at radius 3 is 2.47 bits per heavy atom. The van der Waals surface area contributed by atoms with E-state index in [9.17, 15) is 21.6 Å². The van der Waals surface area contributed by atoms with Crippen molar-refractivity contribution in [3.05, 3.63) is 65.7 Å². The molecule has 0 amide bonds. The zero-order valence-corrected chi connectivity index (χ0v) is 18.0. The Morgan fingerprint density at radius 2 is 1.81 bits per heavy atom. The summed E-state index contributed by atoms with van der Waals surface area (Å²) in [6.07, 6.45) is -2.85. The Kier molecular flexibility index (Phi) is 5.55. The molecule has 0 aliphatic heterocycles. The molecule has 0 aliphatic rings. The third-order valence-corrected chi connectivity index (χ3v) is 6.46. The second-order valence-corrected chi connectivity index (χ2v) is 9.14. The van der Waals surface area contributed by atoms with Crippen LogP contribution in [0.15, 0.2) is 58.1 Å². The minimum atomic E-state index is -4.71. The molecular weight excluding hydrogens is 445 g/mol. The van der Waals surface area contributed by atoms with E-state index in [1.807, 2.05) is 24.6 Å². The molecule has 0 spiro atoms. The van der Waals surface area contributed by atoms with Crippen LogP contribution in [0.3, 0.4) is 0 Å². The van der Waals surface area contributed by atoms with Crippen LogP contribution in [0.25, 0.3) is 22.3 Å². The van der Waals surface area contributed by atoms with Gasteiger partial charge in [0.05, 0.1) is 4.90 Å². The molecular formula is C21H19F3N4O3S. The standard InChI is InChI=1S/C21H19F3N4O3S/c1-13-3-6-16(7-4-13)32(29,30)25-9-10-28-12-14(2)17-11-15(5-8-18(17)28)19-26-20(31-27-19)21(22,23)24/h3-8,11-12,25H,9-10H2,1-2H3. The lowest BCUT2D eigenvalue weighted by atomic mass is 10.1. The van der Waals surface area contributed by atoms with Crippen molar-refractivity contribution in [2.75, 3.05) is 6.54 Å². The Morgan fingerprint density at radius 1 is 1.09 bits per heavy atom. The molecule has 4 rings (SSSR count). The lowest BCUT2D eigenvalue weighted by molar-refractivity contribution is -0.159. The molecule has 0 radical (unpaired) electrons. The van der Waals surface area contributed by atoms with Crippen molar-refractivity contribution in [3.63, 3.8) is 0 Å². The van der Waals surface area contributed by atoms with Crippen LogP contribution in [-0.4, -0.2) is 29.7 Å². The Hall–Kier alpha value is -3.18. The topological polar surface area (TPSA) is 90.0 Å². The fourth-order valence-electron chi connectivity index (χ4n) is 3.36. The van der Waals surface area contributed by atoms with Crippen LogP contribution in [0, 0.1) is 13.8 Å². The third-order valence-electron chi connectivity index (χ3n) is 4.98. The van der Waals surface area contributed by atoms with Gasteiger partial charge in [-0.2, -0.15) is 18.2 Å². The number of aryl methyl sites for hydroxylation is 2. The molecule has 0 saturated carbocycles. The summed E-state index contributed by atoms with van der Waals surface area (Å²) in [6, 6.07) is 11.6. The van der Waals surface area contributed by atoms with Gasteiger partial charge in [0.2, 0.25) is 15.8 Å². The highest BCUT2D eigenvalue weighted by atomic mass is 32.2. The van der Waals surface area contributed by atoms with Crippen molar-refractivity contribution in [1.29, 1.82) is 0 Å². The Balaban J connectivity index is 1.52.